The van der Waals surface area contributed by atoms with Crippen LogP contribution in [0, 0.1) is 5.92 Å². The molecule has 2 aliphatic rings. The van der Waals surface area contributed by atoms with Crippen LogP contribution in [0.3, 0.4) is 0 Å². The number of hydrogen-bond acceptors (Lipinski definition) is 3. The van der Waals surface area contributed by atoms with Gasteiger partial charge in [-0.1, -0.05) is 36.6 Å². The molecule has 0 spiro atoms. The number of carbonyl (C=O) groups excluding carboxylic acids is 2. The first-order chi connectivity index (χ1) is 13.1. The lowest BCUT2D eigenvalue weighted by Crippen LogP contribution is -2.35. The highest BCUT2D eigenvalue weighted by atomic mass is 35.5. The number of nitrogens with one attached hydrogen (secondary N) is 1. The van der Waals surface area contributed by atoms with Crippen LogP contribution in [-0.4, -0.2) is 39.1 Å². The number of hydrogen-bond donors (Lipinski definition) is 1. The van der Waals surface area contributed by atoms with Crippen molar-refractivity contribution >= 4 is 29.2 Å². The van der Waals surface area contributed by atoms with E-state index < -0.39 is 0 Å². The Kier molecular flexibility index (Phi) is 5.16. The third-order valence-electron chi connectivity index (χ3n) is 5.48. The normalized spacial score (nSPS) is 20.4. The maximum absolute atomic E-state index is 12.7. The third-order valence-corrected chi connectivity index (χ3v) is 5.72. The molecular formula is C20H23ClN4O2. The van der Waals surface area contributed by atoms with Gasteiger partial charge < -0.3 is 10.2 Å². The molecule has 1 aromatic heterocycles. The van der Waals surface area contributed by atoms with Gasteiger partial charge in [-0.2, -0.15) is 5.10 Å². The van der Waals surface area contributed by atoms with Gasteiger partial charge in [0.2, 0.25) is 11.8 Å². The number of benzene rings is 1. The summed E-state index contributed by atoms with van der Waals surface area (Å²) in [6.45, 7) is 1.04. The lowest BCUT2D eigenvalue weighted by Gasteiger charge is -2.23. The van der Waals surface area contributed by atoms with Gasteiger partial charge in [0.1, 0.15) is 5.82 Å². The van der Waals surface area contributed by atoms with Crippen LogP contribution in [0.2, 0.25) is 5.02 Å². The maximum Gasteiger partial charge on any atom is 0.230 e. The average Bonchev–Trinajstić information content (AvgIpc) is 3.37. The largest absolute Gasteiger partial charge is 0.339 e. The highest BCUT2D eigenvalue weighted by Crippen LogP contribution is 2.30. The minimum Gasteiger partial charge on any atom is -0.339 e. The highest BCUT2D eigenvalue weighted by molar-refractivity contribution is 6.30. The minimum absolute atomic E-state index is 0.106. The minimum atomic E-state index is -0.299. The first kappa shape index (κ1) is 18.0. The molecule has 2 fully saturated rings. The summed E-state index contributed by atoms with van der Waals surface area (Å²) in [5.74, 6) is 0.325. The number of carbonyl (C=O) groups is 2. The molecule has 6 nitrogen and oxygen atoms in total. The summed E-state index contributed by atoms with van der Waals surface area (Å²) in [7, 11) is 0. The molecule has 0 radical (unpaired) electrons. The molecule has 1 atom stereocenters. The molecule has 1 saturated heterocycles. The van der Waals surface area contributed by atoms with Crippen molar-refractivity contribution in [3.8, 4) is 0 Å². The van der Waals surface area contributed by atoms with E-state index in [1.807, 2.05) is 29.2 Å². The van der Waals surface area contributed by atoms with Crippen molar-refractivity contribution < 1.29 is 9.59 Å². The fourth-order valence-electron chi connectivity index (χ4n) is 4.08. The van der Waals surface area contributed by atoms with Crippen molar-refractivity contribution in [3.63, 3.8) is 0 Å². The molecular weight excluding hydrogens is 364 g/mol. The number of amides is 2. The van der Waals surface area contributed by atoms with Gasteiger partial charge in [0, 0.05) is 30.1 Å². The average molecular weight is 387 g/mol. The lowest BCUT2D eigenvalue weighted by molar-refractivity contribution is -0.129. The summed E-state index contributed by atoms with van der Waals surface area (Å²) in [4.78, 5) is 27.0. The summed E-state index contributed by atoms with van der Waals surface area (Å²) in [5, 5.41) is 7.91. The van der Waals surface area contributed by atoms with Crippen LogP contribution in [0.15, 0.2) is 36.5 Å². The van der Waals surface area contributed by atoms with Gasteiger partial charge in [-0.05, 0) is 30.5 Å². The van der Waals surface area contributed by atoms with Crippen LogP contribution in [-0.2, 0) is 16.1 Å². The predicted molar refractivity (Wildman–Crippen MR) is 103 cm³/mol. The van der Waals surface area contributed by atoms with Crippen molar-refractivity contribution in [2.75, 3.05) is 11.9 Å². The Morgan fingerprint density at radius 3 is 2.85 bits per heavy atom. The molecule has 0 unspecified atom stereocenters. The molecule has 0 bridgehead atoms. The molecule has 1 aromatic carbocycles. The van der Waals surface area contributed by atoms with E-state index in [1.165, 1.54) is 12.8 Å². The van der Waals surface area contributed by atoms with E-state index in [4.69, 9.17) is 11.6 Å². The van der Waals surface area contributed by atoms with E-state index in [-0.39, 0.29) is 17.7 Å². The van der Waals surface area contributed by atoms with Gasteiger partial charge in [-0.15, -0.1) is 0 Å². The van der Waals surface area contributed by atoms with E-state index in [0.29, 0.717) is 36.4 Å². The van der Waals surface area contributed by atoms with Gasteiger partial charge in [0.25, 0.3) is 0 Å². The summed E-state index contributed by atoms with van der Waals surface area (Å²) in [6, 6.07) is 9.65. The number of likely N-dealkylation sites (tertiary alicyclic amines) is 1. The Balaban J connectivity index is 1.40. The SMILES string of the molecule is O=C(Nc1ccnn1Cc1cccc(Cl)c1)[C@H]1CC(=O)N(C2CCCC2)C1. The Bertz CT molecular complexity index is 844. The highest BCUT2D eigenvalue weighted by Gasteiger charge is 2.38. The van der Waals surface area contributed by atoms with Crippen LogP contribution in [0.4, 0.5) is 5.82 Å². The molecule has 7 heteroatoms. The van der Waals surface area contributed by atoms with Crippen molar-refractivity contribution in [2.24, 2.45) is 5.92 Å². The van der Waals surface area contributed by atoms with Crippen LogP contribution in [0.5, 0.6) is 0 Å². The summed E-state index contributed by atoms with van der Waals surface area (Å²) in [6.07, 6.45) is 6.43. The Labute approximate surface area is 163 Å². The second-order valence-corrected chi connectivity index (χ2v) is 7.82. The topological polar surface area (TPSA) is 67.2 Å². The zero-order valence-electron chi connectivity index (χ0n) is 15.1. The van der Waals surface area contributed by atoms with Gasteiger partial charge in [-0.3, -0.25) is 9.59 Å². The standard InChI is InChI=1S/C20H23ClN4O2/c21-16-5-3-4-14(10-16)12-25-18(8-9-22-25)23-20(27)15-11-19(26)24(13-15)17-6-1-2-7-17/h3-5,8-10,15,17H,1-2,6-7,11-13H2,(H,23,27)/t15-/m0/s1. The molecule has 142 valence electrons. The van der Waals surface area contributed by atoms with E-state index in [0.717, 1.165) is 18.4 Å². The predicted octanol–water partition coefficient (Wildman–Crippen LogP) is 3.31. The summed E-state index contributed by atoms with van der Waals surface area (Å²) >= 11 is 6.04. The van der Waals surface area contributed by atoms with Crippen molar-refractivity contribution in [2.45, 2.75) is 44.7 Å². The van der Waals surface area contributed by atoms with Crippen LogP contribution in [0.25, 0.3) is 0 Å². The molecule has 2 aromatic rings. The van der Waals surface area contributed by atoms with E-state index >= 15 is 0 Å². The number of aromatic nitrogens is 2. The number of halogens is 1. The van der Waals surface area contributed by atoms with Crippen molar-refractivity contribution in [1.29, 1.82) is 0 Å². The molecule has 4 rings (SSSR count). The Morgan fingerprint density at radius 1 is 1.26 bits per heavy atom. The summed E-state index contributed by atoms with van der Waals surface area (Å²) < 4.78 is 1.73. The molecule has 1 saturated carbocycles. The van der Waals surface area contributed by atoms with Crippen LogP contribution in [0.1, 0.15) is 37.7 Å². The Hall–Kier alpha value is -2.34. The number of nitrogens with zero attached hydrogens (tertiary/aromatic N) is 3. The zero-order valence-corrected chi connectivity index (χ0v) is 15.9. The zero-order chi connectivity index (χ0) is 18.8. The van der Waals surface area contributed by atoms with E-state index in [9.17, 15) is 9.59 Å². The first-order valence-corrected chi connectivity index (χ1v) is 9.84. The molecule has 27 heavy (non-hydrogen) atoms. The maximum atomic E-state index is 12.7. The molecule has 1 N–H and O–H groups in total. The van der Waals surface area contributed by atoms with Crippen LogP contribution < -0.4 is 5.32 Å². The van der Waals surface area contributed by atoms with Crippen LogP contribution >= 0.6 is 11.6 Å². The number of rotatable bonds is 5. The van der Waals surface area contributed by atoms with Gasteiger partial charge in [0.15, 0.2) is 0 Å². The van der Waals surface area contributed by atoms with Gasteiger partial charge >= 0.3 is 0 Å². The smallest absolute Gasteiger partial charge is 0.230 e. The molecule has 1 aliphatic heterocycles. The Morgan fingerprint density at radius 2 is 2.07 bits per heavy atom. The van der Waals surface area contributed by atoms with Gasteiger partial charge in [-0.25, -0.2) is 4.68 Å². The summed E-state index contributed by atoms with van der Waals surface area (Å²) in [5.41, 5.74) is 1.00. The number of anilines is 1. The molecule has 2 heterocycles. The first-order valence-electron chi connectivity index (χ1n) is 9.47. The second kappa shape index (κ2) is 7.72. The fourth-order valence-corrected chi connectivity index (χ4v) is 4.29. The fraction of sp³-hybridized carbons (Fsp3) is 0.450. The molecule has 1 aliphatic carbocycles. The van der Waals surface area contributed by atoms with E-state index in [2.05, 4.69) is 10.4 Å². The van der Waals surface area contributed by atoms with Crippen molar-refractivity contribution in [1.82, 2.24) is 14.7 Å². The second-order valence-electron chi connectivity index (χ2n) is 7.38. The van der Waals surface area contributed by atoms with E-state index in [1.54, 1.807) is 16.9 Å². The monoisotopic (exact) mass is 386 g/mol. The quantitative estimate of drug-likeness (QED) is 0.857. The van der Waals surface area contributed by atoms with Crippen molar-refractivity contribution in [3.05, 3.63) is 47.1 Å². The third kappa shape index (κ3) is 4.00. The molecule has 2 amide bonds. The lowest BCUT2D eigenvalue weighted by atomic mass is 10.1. The van der Waals surface area contributed by atoms with Gasteiger partial charge in [0.05, 0.1) is 18.7 Å².